The fourth-order valence-corrected chi connectivity index (χ4v) is 3.02. The molecule has 2 rings (SSSR count). The largest absolute Gasteiger partial charge is 0.375 e. The number of benzene rings is 1. The zero-order valence-electron chi connectivity index (χ0n) is 10.4. The third-order valence-corrected chi connectivity index (χ3v) is 4.01. The van der Waals surface area contributed by atoms with E-state index >= 15 is 0 Å². The van der Waals surface area contributed by atoms with Gasteiger partial charge in [-0.2, -0.15) is 11.8 Å². The highest BCUT2D eigenvalue weighted by Crippen LogP contribution is 2.25. The predicted octanol–water partition coefficient (Wildman–Crippen LogP) is 2.86. The quantitative estimate of drug-likeness (QED) is 0.869. The van der Waals surface area contributed by atoms with E-state index in [2.05, 4.69) is 42.6 Å². The van der Waals surface area contributed by atoms with Crippen molar-refractivity contribution < 1.29 is 4.74 Å². The van der Waals surface area contributed by atoms with E-state index < -0.39 is 0 Å². The van der Waals surface area contributed by atoms with E-state index in [1.165, 1.54) is 5.56 Å². The first-order valence-corrected chi connectivity index (χ1v) is 7.55. The Labute approximate surface area is 108 Å². The fourth-order valence-electron chi connectivity index (χ4n) is 2.12. The molecule has 0 bridgehead atoms. The normalized spacial score (nSPS) is 22.3. The highest BCUT2D eigenvalue weighted by atomic mass is 32.2. The van der Waals surface area contributed by atoms with Gasteiger partial charge in [-0.25, -0.2) is 0 Å². The Hall–Kier alpha value is -0.510. The first kappa shape index (κ1) is 12.9. The molecule has 0 spiro atoms. The van der Waals surface area contributed by atoms with Crippen LogP contribution in [0.2, 0.25) is 0 Å². The van der Waals surface area contributed by atoms with Crippen LogP contribution in [0, 0.1) is 0 Å². The van der Waals surface area contributed by atoms with Crippen molar-refractivity contribution in [2.45, 2.75) is 25.5 Å². The van der Waals surface area contributed by atoms with E-state index in [1.807, 2.05) is 11.8 Å². The maximum absolute atomic E-state index is 5.91. The minimum Gasteiger partial charge on any atom is -0.375 e. The number of rotatable bonds is 5. The van der Waals surface area contributed by atoms with Crippen molar-refractivity contribution in [3.8, 4) is 0 Å². The van der Waals surface area contributed by atoms with Gasteiger partial charge in [-0.1, -0.05) is 37.3 Å². The average molecular weight is 251 g/mol. The van der Waals surface area contributed by atoms with E-state index in [4.69, 9.17) is 4.74 Å². The van der Waals surface area contributed by atoms with E-state index in [0.717, 1.165) is 31.1 Å². The molecule has 0 aliphatic carbocycles. The Balaban J connectivity index is 2.06. The molecule has 1 aromatic rings. The molecule has 0 amide bonds. The van der Waals surface area contributed by atoms with E-state index in [9.17, 15) is 0 Å². The van der Waals surface area contributed by atoms with Crippen LogP contribution >= 0.6 is 11.8 Å². The molecule has 3 heteroatoms. The van der Waals surface area contributed by atoms with Crippen LogP contribution in [0.4, 0.5) is 0 Å². The van der Waals surface area contributed by atoms with Crippen molar-refractivity contribution in [3.05, 3.63) is 35.9 Å². The molecule has 1 fully saturated rings. The third kappa shape index (κ3) is 3.73. The highest BCUT2D eigenvalue weighted by Gasteiger charge is 2.25. The average Bonchev–Trinajstić information content (AvgIpc) is 2.42. The molecule has 1 saturated heterocycles. The first-order chi connectivity index (χ1) is 8.42. The third-order valence-electron chi connectivity index (χ3n) is 2.99. The lowest BCUT2D eigenvalue weighted by Crippen LogP contribution is -2.38. The van der Waals surface area contributed by atoms with Gasteiger partial charge in [-0.3, -0.25) is 0 Å². The van der Waals surface area contributed by atoms with Crippen LogP contribution in [0.15, 0.2) is 30.3 Å². The molecule has 1 aromatic carbocycles. The molecule has 2 nitrogen and oxygen atoms in total. The van der Waals surface area contributed by atoms with Gasteiger partial charge in [0.05, 0.1) is 18.8 Å². The Morgan fingerprint density at radius 2 is 2.24 bits per heavy atom. The van der Waals surface area contributed by atoms with Crippen LogP contribution in [0.25, 0.3) is 0 Å². The van der Waals surface area contributed by atoms with Crippen molar-refractivity contribution in [2.24, 2.45) is 0 Å². The molecule has 0 radical (unpaired) electrons. The topological polar surface area (TPSA) is 21.3 Å². The Morgan fingerprint density at radius 1 is 1.41 bits per heavy atom. The molecule has 0 saturated carbocycles. The zero-order chi connectivity index (χ0) is 11.9. The van der Waals surface area contributed by atoms with Crippen molar-refractivity contribution >= 4 is 11.8 Å². The van der Waals surface area contributed by atoms with Crippen molar-refractivity contribution in [2.75, 3.05) is 24.7 Å². The molecule has 1 heterocycles. The lowest BCUT2D eigenvalue weighted by Gasteiger charge is -2.31. The molecule has 1 aliphatic rings. The van der Waals surface area contributed by atoms with Gasteiger partial charge in [-0.15, -0.1) is 0 Å². The Bertz CT molecular complexity index is 311. The summed E-state index contributed by atoms with van der Waals surface area (Å²) >= 11 is 1.99. The number of hydrogen-bond donors (Lipinski definition) is 1. The predicted molar refractivity (Wildman–Crippen MR) is 74.5 cm³/mol. The summed E-state index contributed by atoms with van der Waals surface area (Å²) in [5.41, 5.74) is 1.34. The molecule has 17 heavy (non-hydrogen) atoms. The minimum absolute atomic E-state index is 0.308. The summed E-state index contributed by atoms with van der Waals surface area (Å²) in [6.07, 6.45) is 1.46. The zero-order valence-corrected chi connectivity index (χ0v) is 11.2. The van der Waals surface area contributed by atoms with Crippen molar-refractivity contribution in [1.82, 2.24) is 5.32 Å². The molecule has 1 N–H and O–H groups in total. The summed E-state index contributed by atoms with van der Waals surface area (Å²) in [4.78, 5) is 0. The molecule has 0 aromatic heterocycles. The standard InChI is InChI=1S/C14H21NOS/c1-2-8-15-14(12-6-4-3-5-7-12)13-11-17-10-9-16-13/h3-7,13-15H,2,8-11H2,1H3. The second-order valence-corrected chi connectivity index (χ2v) is 5.48. The lowest BCUT2D eigenvalue weighted by molar-refractivity contribution is 0.0468. The molecular formula is C14H21NOS. The van der Waals surface area contributed by atoms with Crippen LogP contribution in [0.1, 0.15) is 24.9 Å². The van der Waals surface area contributed by atoms with Crippen LogP contribution in [-0.4, -0.2) is 30.8 Å². The second kappa shape index (κ2) is 7.04. The lowest BCUT2D eigenvalue weighted by atomic mass is 10.0. The van der Waals surface area contributed by atoms with Gasteiger partial charge in [-0.05, 0) is 18.5 Å². The second-order valence-electron chi connectivity index (χ2n) is 4.33. The smallest absolute Gasteiger partial charge is 0.0860 e. The van der Waals surface area contributed by atoms with Gasteiger partial charge in [0.15, 0.2) is 0 Å². The molecular weight excluding hydrogens is 230 g/mol. The van der Waals surface area contributed by atoms with E-state index in [1.54, 1.807) is 0 Å². The summed E-state index contributed by atoms with van der Waals surface area (Å²) < 4.78 is 5.91. The maximum Gasteiger partial charge on any atom is 0.0860 e. The summed E-state index contributed by atoms with van der Waals surface area (Å²) in [5, 5.41) is 3.62. The molecule has 2 atom stereocenters. The summed E-state index contributed by atoms with van der Waals surface area (Å²) in [6.45, 7) is 4.13. The van der Waals surface area contributed by atoms with Crippen molar-refractivity contribution in [3.63, 3.8) is 0 Å². The van der Waals surface area contributed by atoms with Crippen LogP contribution in [0.3, 0.4) is 0 Å². The molecule has 94 valence electrons. The Kier molecular flexibility index (Phi) is 5.36. The monoisotopic (exact) mass is 251 g/mol. The van der Waals surface area contributed by atoms with Crippen LogP contribution < -0.4 is 5.32 Å². The van der Waals surface area contributed by atoms with Crippen LogP contribution in [0.5, 0.6) is 0 Å². The maximum atomic E-state index is 5.91. The first-order valence-electron chi connectivity index (χ1n) is 6.39. The summed E-state index contributed by atoms with van der Waals surface area (Å²) in [7, 11) is 0. The van der Waals surface area contributed by atoms with Gasteiger partial charge in [0.2, 0.25) is 0 Å². The van der Waals surface area contributed by atoms with Crippen molar-refractivity contribution in [1.29, 1.82) is 0 Å². The molecule has 2 unspecified atom stereocenters. The van der Waals surface area contributed by atoms with E-state index in [-0.39, 0.29) is 0 Å². The number of hydrogen-bond acceptors (Lipinski definition) is 3. The van der Waals surface area contributed by atoms with Gasteiger partial charge in [0, 0.05) is 11.5 Å². The number of nitrogens with one attached hydrogen (secondary N) is 1. The number of thioether (sulfide) groups is 1. The minimum atomic E-state index is 0.308. The Morgan fingerprint density at radius 3 is 2.88 bits per heavy atom. The van der Waals surface area contributed by atoms with Gasteiger partial charge in [0.1, 0.15) is 0 Å². The SMILES string of the molecule is CCCNC(c1ccccc1)C1CSCCO1. The van der Waals surface area contributed by atoms with Gasteiger partial charge >= 0.3 is 0 Å². The van der Waals surface area contributed by atoms with Gasteiger partial charge < -0.3 is 10.1 Å². The fraction of sp³-hybridized carbons (Fsp3) is 0.571. The van der Waals surface area contributed by atoms with Crippen LogP contribution in [-0.2, 0) is 4.74 Å². The number of ether oxygens (including phenoxy) is 1. The summed E-state index contributed by atoms with van der Waals surface area (Å²) in [5.74, 6) is 2.22. The highest BCUT2D eigenvalue weighted by molar-refractivity contribution is 7.99. The molecule has 1 aliphatic heterocycles. The van der Waals surface area contributed by atoms with E-state index in [0.29, 0.717) is 12.1 Å². The van der Waals surface area contributed by atoms with Gasteiger partial charge in [0.25, 0.3) is 0 Å². The summed E-state index contributed by atoms with van der Waals surface area (Å²) in [6, 6.07) is 11.0.